The molecule has 1 N–H and O–H groups in total. The second-order valence-corrected chi connectivity index (χ2v) is 9.43. The summed E-state index contributed by atoms with van der Waals surface area (Å²) in [6.07, 6.45) is 5.08. The van der Waals surface area contributed by atoms with Gasteiger partial charge in [0, 0.05) is 22.6 Å². The molecule has 13 heteroatoms. The molecule has 0 radical (unpaired) electrons. The number of ketones is 1. The normalized spacial score (nSPS) is 10.9. The van der Waals surface area contributed by atoms with Gasteiger partial charge in [0.05, 0.1) is 29.3 Å². The molecule has 0 aliphatic rings. The van der Waals surface area contributed by atoms with Crippen molar-refractivity contribution < 1.29 is 18.5 Å². The molecule has 0 unspecified atom stereocenters. The highest BCUT2D eigenvalue weighted by atomic mass is 35.5. The monoisotopic (exact) mass is 536 g/mol. The first-order valence-corrected chi connectivity index (χ1v) is 12.0. The van der Waals surface area contributed by atoms with Gasteiger partial charge in [-0.25, -0.2) is 4.98 Å². The highest BCUT2D eigenvalue weighted by Crippen LogP contribution is 2.26. The Morgan fingerprint density at radius 3 is 2.76 bits per heavy atom. The van der Waals surface area contributed by atoms with Crippen molar-refractivity contribution >= 4 is 46.5 Å². The van der Waals surface area contributed by atoms with Crippen LogP contribution in [0.2, 0.25) is 4.34 Å². The average molecular weight is 537 g/mol. The van der Waals surface area contributed by atoms with Gasteiger partial charge < -0.3 is 14.3 Å². The second-order valence-electron chi connectivity index (χ2n) is 7.63. The van der Waals surface area contributed by atoms with Crippen molar-refractivity contribution in [3.8, 4) is 11.4 Å². The smallest absolute Gasteiger partial charge is 0.318 e. The summed E-state index contributed by atoms with van der Waals surface area (Å²) in [5.41, 5.74) is 0.480. The van der Waals surface area contributed by atoms with Gasteiger partial charge in [0.1, 0.15) is 23.5 Å². The molecule has 5 heterocycles. The van der Waals surface area contributed by atoms with Crippen LogP contribution in [0.25, 0.3) is 17.5 Å². The summed E-state index contributed by atoms with van der Waals surface area (Å²) >= 11 is 7.42. The van der Waals surface area contributed by atoms with Crippen molar-refractivity contribution in [3.63, 3.8) is 0 Å². The standard InChI is InChI=1S/C24H17ClN6O5S/c1-2-14-3-5-18(30(23(14)33)11-19(32)17-12-35-13-27-17)16-9-22(26-10-15-4-6-21(25)37-15)31(29-16)24(34)20-7-8-28-36-20/h2-9,12-13,26H,1,10-11H2. The van der Waals surface area contributed by atoms with Crippen LogP contribution in [0.5, 0.6) is 0 Å². The zero-order chi connectivity index (χ0) is 25.9. The number of nitrogens with one attached hydrogen (secondary N) is 1. The minimum absolute atomic E-state index is 0.0301. The summed E-state index contributed by atoms with van der Waals surface area (Å²) in [4.78, 5) is 43.9. The Hall–Kier alpha value is -4.55. The number of oxazole rings is 1. The van der Waals surface area contributed by atoms with Gasteiger partial charge in [-0.2, -0.15) is 9.78 Å². The summed E-state index contributed by atoms with van der Waals surface area (Å²) in [5, 5.41) is 11.2. The van der Waals surface area contributed by atoms with E-state index >= 15 is 0 Å². The van der Waals surface area contributed by atoms with Crippen LogP contribution in [0.4, 0.5) is 5.82 Å². The van der Waals surface area contributed by atoms with Gasteiger partial charge in [-0.1, -0.05) is 29.4 Å². The number of aromatic nitrogens is 5. The lowest BCUT2D eigenvalue weighted by Crippen LogP contribution is -2.27. The number of Topliss-reactive ketones (excluding diaryl/α,β-unsaturated/α-hetero) is 1. The fourth-order valence-electron chi connectivity index (χ4n) is 3.55. The van der Waals surface area contributed by atoms with E-state index in [-0.39, 0.29) is 23.7 Å². The van der Waals surface area contributed by atoms with Crippen LogP contribution >= 0.6 is 22.9 Å². The number of thiophene rings is 1. The molecule has 0 aromatic carbocycles. The SMILES string of the molecule is C=Cc1ccc(-c2cc(NCc3ccc(Cl)s3)n(C(=O)c3ccno3)n2)n(CC(=O)c2cocn2)c1=O. The van der Waals surface area contributed by atoms with E-state index in [2.05, 4.69) is 27.1 Å². The first kappa shape index (κ1) is 24.2. The lowest BCUT2D eigenvalue weighted by Gasteiger charge is -2.11. The van der Waals surface area contributed by atoms with Gasteiger partial charge >= 0.3 is 5.91 Å². The van der Waals surface area contributed by atoms with Gasteiger partial charge in [-0.3, -0.25) is 19.0 Å². The van der Waals surface area contributed by atoms with Crippen LogP contribution in [0.15, 0.2) is 75.6 Å². The van der Waals surface area contributed by atoms with E-state index in [1.807, 2.05) is 6.07 Å². The molecule has 37 heavy (non-hydrogen) atoms. The Labute approximate surface area is 217 Å². The van der Waals surface area contributed by atoms with E-state index in [1.54, 1.807) is 24.3 Å². The molecule has 5 rings (SSSR count). The molecule has 0 aliphatic heterocycles. The van der Waals surface area contributed by atoms with E-state index < -0.39 is 17.2 Å². The summed E-state index contributed by atoms with van der Waals surface area (Å²) in [5.74, 6) is -0.720. The molecule has 0 saturated heterocycles. The third kappa shape index (κ3) is 4.92. The molecular formula is C24H17ClN6O5S. The number of rotatable bonds is 9. The zero-order valence-electron chi connectivity index (χ0n) is 19.0. The number of nitrogens with zero attached hydrogens (tertiary/aromatic N) is 5. The fraction of sp³-hybridized carbons (Fsp3) is 0.0833. The molecule has 0 fully saturated rings. The Morgan fingerprint density at radius 1 is 1.22 bits per heavy atom. The predicted octanol–water partition coefficient (Wildman–Crippen LogP) is 4.23. The zero-order valence-corrected chi connectivity index (χ0v) is 20.5. The minimum atomic E-state index is -0.578. The van der Waals surface area contributed by atoms with Crippen LogP contribution in [0.3, 0.4) is 0 Å². The lowest BCUT2D eigenvalue weighted by molar-refractivity contribution is 0.0909. The largest absolute Gasteiger partial charge is 0.451 e. The Balaban J connectivity index is 1.58. The van der Waals surface area contributed by atoms with Crippen LogP contribution in [-0.4, -0.2) is 36.2 Å². The molecule has 186 valence electrons. The molecule has 5 aromatic heterocycles. The Morgan fingerprint density at radius 2 is 2.08 bits per heavy atom. The van der Waals surface area contributed by atoms with E-state index in [4.69, 9.17) is 20.5 Å². The van der Waals surface area contributed by atoms with Crippen molar-refractivity contribution in [1.82, 2.24) is 24.5 Å². The molecular weight excluding hydrogens is 520 g/mol. The number of hydrogen-bond acceptors (Lipinski definition) is 10. The topological polar surface area (TPSA) is 138 Å². The number of carbonyl (C=O) groups is 2. The molecule has 0 saturated carbocycles. The van der Waals surface area contributed by atoms with Crippen LogP contribution in [-0.2, 0) is 13.1 Å². The maximum atomic E-state index is 13.2. The van der Waals surface area contributed by atoms with Crippen molar-refractivity contribution in [2.24, 2.45) is 0 Å². The van der Waals surface area contributed by atoms with Crippen molar-refractivity contribution in [3.05, 3.63) is 98.4 Å². The van der Waals surface area contributed by atoms with E-state index in [9.17, 15) is 14.4 Å². The quantitative estimate of drug-likeness (QED) is 0.274. The van der Waals surface area contributed by atoms with Crippen LogP contribution < -0.4 is 10.9 Å². The number of carbonyl (C=O) groups excluding carboxylic acids is 2. The van der Waals surface area contributed by atoms with Crippen LogP contribution in [0.1, 0.15) is 31.5 Å². The molecule has 0 bridgehead atoms. The summed E-state index contributed by atoms with van der Waals surface area (Å²) in [6.45, 7) is 3.69. The molecule has 5 aromatic rings. The molecule has 0 atom stereocenters. The molecule has 0 spiro atoms. The van der Waals surface area contributed by atoms with E-state index in [1.165, 1.54) is 40.5 Å². The number of hydrogen-bond donors (Lipinski definition) is 1. The average Bonchev–Trinajstić information content (AvgIpc) is 3.71. The summed E-state index contributed by atoms with van der Waals surface area (Å²) in [6, 6.07) is 9.85. The maximum Gasteiger partial charge on any atom is 0.318 e. The maximum absolute atomic E-state index is 13.2. The number of halogens is 1. The highest BCUT2D eigenvalue weighted by molar-refractivity contribution is 7.16. The molecule has 0 amide bonds. The van der Waals surface area contributed by atoms with Crippen molar-refractivity contribution in [2.45, 2.75) is 13.1 Å². The first-order valence-electron chi connectivity index (χ1n) is 10.8. The summed E-state index contributed by atoms with van der Waals surface area (Å²) < 4.78 is 12.9. The Kier molecular flexibility index (Phi) is 6.66. The summed E-state index contributed by atoms with van der Waals surface area (Å²) in [7, 11) is 0. The highest BCUT2D eigenvalue weighted by Gasteiger charge is 2.23. The van der Waals surface area contributed by atoms with Gasteiger partial charge in [0.15, 0.2) is 6.39 Å². The Bertz CT molecular complexity index is 1650. The van der Waals surface area contributed by atoms with Gasteiger partial charge in [0.2, 0.25) is 11.5 Å². The van der Waals surface area contributed by atoms with E-state index in [0.29, 0.717) is 28.0 Å². The van der Waals surface area contributed by atoms with Crippen LogP contribution in [0, 0.1) is 0 Å². The molecule has 11 nitrogen and oxygen atoms in total. The third-order valence-electron chi connectivity index (χ3n) is 5.33. The lowest BCUT2D eigenvalue weighted by atomic mass is 10.2. The number of anilines is 1. The second kappa shape index (κ2) is 10.2. The number of pyridine rings is 1. The van der Waals surface area contributed by atoms with Crippen molar-refractivity contribution in [1.29, 1.82) is 0 Å². The van der Waals surface area contributed by atoms with E-state index in [0.717, 1.165) is 16.0 Å². The van der Waals surface area contributed by atoms with Crippen molar-refractivity contribution in [2.75, 3.05) is 5.32 Å². The molecule has 0 aliphatic carbocycles. The first-order chi connectivity index (χ1) is 17.9. The predicted molar refractivity (Wildman–Crippen MR) is 136 cm³/mol. The third-order valence-corrected chi connectivity index (χ3v) is 6.56. The van der Waals surface area contributed by atoms with Gasteiger partial charge in [0.25, 0.3) is 5.56 Å². The minimum Gasteiger partial charge on any atom is -0.451 e. The van der Waals surface area contributed by atoms with Gasteiger partial charge in [-0.05, 0) is 24.3 Å². The van der Waals surface area contributed by atoms with Gasteiger partial charge in [-0.15, -0.1) is 11.3 Å². The fourth-order valence-corrected chi connectivity index (χ4v) is 4.58.